The number of hydrogen-bond acceptors (Lipinski definition) is 18. The number of hydrogen-bond donors (Lipinski definition) is 6. The van der Waals surface area contributed by atoms with Crippen molar-refractivity contribution in [3.05, 3.63) is 25.3 Å². The molecule has 2 bridgehead atoms. The second-order valence-electron chi connectivity index (χ2n) is 9.95. The van der Waals surface area contributed by atoms with Crippen molar-refractivity contribution in [2.45, 2.75) is 49.1 Å². The van der Waals surface area contributed by atoms with Crippen molar-refractivity contribution in [1.29, 1.82) is 0 Å². The third-order valence-corrected chi connectivity index (χ3v) is 10.4. The summed E-state index contributed by atoms with van der Waals surface area (Å²) in [6.07, 6.45) is -5.21. The molecule has 24 heteroatoms. The first-order valence-electron chi connectivity index (χ1n) is 12.8. The van der Waals surface area contributed by atoms with E-state index in [0.717, 1.165) is 0 Å². The Morgan fingerprint density at radius 1 is 0.705 bits per heavy atom. The first-order valence-corrected chi connectivity index (χ1v) is 17.9. The number of rotatable bonds is 2. The van der Waals surface area contributed by atoms with Gasteiger partial charge in [-0.2, -0.15) is 0 Å². The molecule has 44 heavy (non-hydrogen) atoms. The standard InChI is InChI=1S/C20H24N10O10P2S2/c21-15-9-17(25-3-23-15)29(5-27-9)19-12(32)13-8(38-19)2-36-42(34,44)40-14-11(31)7(1-35-41(33,43)39-13)37-20(14)30-6-28-10-16(22)24-4-26-18(10)30/h3-8,11-14,19-20,31-32H,1-2H2,(H,33,43)(H,34,44)(H2,21,23,25)(H2,22,24,26)/t7-,8-,11?,12?,13+,14+,19-,20-,41?,42?/m1/s1. The quantitative estimate of drug-likeness (QED) is 0.132. The Kier molecular flexibility index (Phi) is 7.66. The minimum absolute atomic E-state index is 0.103. The summed E-state index contributed by atoms with van der Waals surface area (Å²) in [5, 5.41) is 22.4. The number of ether oxygens (including phenoxy) is 2. The second kappa shape index (κ2) is 11.1. The summed E-state index contributed by atoms with van der Waals surface area (Å²) >= 11 is 10.5. The second-order valence-corrected chi connectivity index (χ2v) is 15.5. The van der Waals surface area contributed by atoms with Crippen molar-refractivity contribution in [3.8, 4) is 0 Å². The van der Waals surface area contributed by atoms with Crippen LogP contribution in [0.2, 0.25) is 0 Å². The maximum absolute atomic E-state index is 11.3. The van der Waals surface area contributed by atoms with E-state index in [1.165, 1.54) is 34.4 Å². The molecular formula is C20H24N10O10P2S2. The molecule has 4 aromatic heterocycles. The number of aliphatic hydroxyl groups is 2. The Hall–Kier alpha value is -2.40. The lowest BCUT2D eigenvalue weighted by atomic mass is 10.1. The molecule has 0 radical (unpaired) electrons. The van der Waals surface area contributed by atoms with E-state index >= 15 is 0 Å². The van der Waals surface area contributed by atoms with E-state index in [1.807, 2.05) is 0 Å². The Balaban J connectivity index is 1.20. The summed E-state index contributed by atoms with van der Waals surface area (Å²) in [4.78, 5) is 46.6. The van der Waals surface area contributed by atoms with E-state index < -0.39 is 75.7 Å². The summed E-state index contributed by atoms with van der Waals surface area (Å²) in [5.41, 5.74) is 12.8. The fourth-order valence-corrected chi connectivity index (χ4v) is 8.08. The van der Waals surface area contributed by atoms with E-state index in [2.05, 4.69) is 29.9 Å². The lowest BCUT2D eigenvalue weighted by molar-refractivity contribution is -0.0606. The molecule has 20 nitrogen and oxygen atoms in total. The smallest absolute Gasteiger partial charge is 0.325 e. The predicted octanol–water partition coefficient (Wildman–Crippen LogP) is -1.40. The van der Waals surface area contributed by atoms with Gasteiger partial charge in [-0.1, -0.05) is 0 Å². The van der Waals surface area contributed by atoms with Crippen LogP contribution in [0.4, 0.5) is 11.6 Å². The molecule has 3 aliphatic heterocycles. The fraction of sp³-hybridized carbons (Fsp3) is 0.500. The third-order valence-electron chi connectivity index (χ3n) is 7.26. The summed E-state index contributed by atoms with van der Waals surface area (Å²) in [6.45, 7) is -9.28. The summed E-state index contributed by atoms with van der Waals surface area (Å²) in [5.74, 6) is 0.212. The lowest BCUT2D eigenvalue weighted by Gasteiger charge is -2.28. The fourth-order valence-electron chi connectivity index (χ4n) is 5.22. The van der Waals surface area contributed by atoms with Gasteiger partial charge in [0.25, 0.3) is 0 Å². The van der Waals surface area contributed by atoms with Crippen LogP contribution in [0.15, 0.2) is 25.3 Å². The van der Waals surface area contributed by atoms with Crippen molar-refractivity contribution in [2.24, 2.45) is 0 Å². The Morgan fingerprint density at radius 2 is 1.20 bits per heavy atom. The molecule has 0 aliphatic carbocycles. The monoisotopic (exact) mass is 690 g/mol. The van der Waals surface area contributed by atoms with Gasteiger partial charge in [-0.05, 0) is 23.6 Å². The van der Waals surface area contributed by atoms with Crippen molar-refractivity contribution in [3.63, 3.8) is 0 Å². The van der Waals surface area contributed by atoms with Crippen LogP contribution in [0, 0.1) is 0 Å². The molecule has 0 spiro atoms. The van der Waals surface area contributed by atoms with Gasteiger partial charge < -0.3 is 50.0 Å². The zero-order valence-electron chi connectivity index (χ0n) is 22.0. The molecule has 0 amide bonds. The van der Waals surface area contributed by atoms with E-state index in [-0.39, 0.29) is 34.0 Å². The number of imidazole rings is 2. The summed E-state index contributed by atoms with van der Waals surface area (Å²) in [6, 6.07) is 0. The molecule has 0 saturated carbocycles. The third kappa shape index (κ3) is 5.29. The van der Waals surface area contributed by atoms with Crippen LogP contribution in [0.3, 0.4) is 0 Å². The average molecular weight is 691 g/mol. The molecule has 7 rings (SSSR count). The highest BCUT2D eigenvalue weighted by molar-refractivity contribution is 8.07. The molecule has 8 N–H and O–H groups in total. The highest BCUT2D eigenvalue weighted by Gasteiger charge is 2.52. The maximum Gasteiger partial charge on any atom is 0.325 e. The molecular weight excluding hydrogens is 666 g/mol. The zero-order chi connectivity index (χ0) is 31.0. The Labute approximate surface area is 256 Å². The number of nitrogen functional groups attached to an aromatic ring is 2. The lowest BCUT2D eigenvalue weighted by Crippen LogP contribution is -2.36. The van der Waals surface area contributed by atoms with Gasteiger partial charge in [0.1, 0.15) is 60.3 Å². The number of nitrogens with two attached hydrogens (primary N) is 2. The van der Waals surface area contributed by atoms with Gasteiger partial charge in [-0.15, -0.1) is 0 Å². The van der Waals surface area contributed by atoms with Gasteiger partial charge in [-0.25, -0.2) is 29.9 Å². The van der Waals surface area contributed by atoms with Gasteiger partial charge in [0.05, 0.1) is 25.9 Å². The van der Waals surface area contributed by atoms with Gasteiger partial charge in [0.2, 0.25) is 0 Å². The van der Waals surface area contributed by atoms with Crippen LogP contribution < -0.4 is 11.5 Å². The minimum Gasteiger partial charge on any atom is -0.387 e. The average Bonchev–Trinajstić information content (AvgIpc) is 3.73. The highest BCUT2D eigenvalue weighted by atomic mass is 32.5. The van der Waals surface area contributed by atoms with E-state index in [0.29, 0.717) is 0 Å². The number of anilines is 2. The SMILES string of the molecule is Nc1ncnc2c1ncn2[C@@H]1O[C@@H]2COP(O)(=S)O[C@H]3C(O)[C@@H](COP(O)(=S)O[C@@H]2C1O)O[C@H]3n1cnc2c(N)ncnc21. The summed E-state index contributed by atoms with van der Waals surface area (Å²) in [7, 11) is 0. The first-order chi connectivity index (χ1) is 20.9. The van der Waals surface area contributed by atoms with Gasteiger partial charge >= 0.3 is 13.4 Å². The van der Waals surface area contributed by atoms with Crippen LogP contribution in [-0.2, 0) is 51.2 Å². The van der Waals surface area contributed by atoms with Crippen LogP contribution in [0.25, 0.3) is 22.3 Å². The van der Waals surface area contributed by atoms with Crippen LogP contribution in [-0.4, -0.2) is 109 Å². The van der Waals surface area contributed by atoms with Crippen molar-refractivity contribution in [1.82, 2.24) is 39.0 Å². The zero-order valence-corrected chi connectivity index (χ0v) is 25.4. The molecule has 236 valence electrons. The molecule has 0 aromatic carbocycles. The van der Waals surface area contributed by atoms with E-state index in [1.54, 1.807) is 0 Å². The number of aliphatic hydroxyl groups excluding tert-OH is 2. The first kappa shape index (κ1) is 30.3. The Bertz CT molecular complexity index is 1830. The molecule has 3 saturated heterocycles. The largest absolute Gasteiger partial charge is 0.387 e. The normalized spacial score (nSPS) is 38.3. The molecule has 3 fully saturated rings. The maximum atomic E-state index is 11.3. The molecule has 7 heterocycles. The van der Waals surface area contributed by atoms with Gasteiger partial charge in [0.15, 0.2) is 35.4 Å². The van der Waals surface area contributed by atoms with E-state index in [9.17, 15) is 20.0 Å². The van der Waals surface area contributed by atoms with Crippen LogP contribution in [0.1, 0.15) is 12.5 Å². The molecule has 3 aliphatic rings. The number of fused-ring (bicyclic) bond motifs is 5. The van der Waals surface area contributed by atoms with Crippen LogP contribution in [0.5, 0.6) is 0 Å². The molecule has 10 atom stereocenters. The summed E-state index contributed by atoms with van der Waals surface area (Å²) < 4.78 is 37.5. The van der Waals surface area contributed by atoms with Crippen molar-refractivity contribution >= 4 is 71.0 Å². The highest BCUT2D eigenvalue weighted by Crippen LogP contribution is 2.54. The van der Waals surface area contributed by atoms with Gasteiger partial charge in [0, 0.05) is 0 Å². The predicted molar refractivity (Wildman–Crippen MR) is 154 cm³/mol. The number of aromatic nitrogens is 8. The van der Waals surface area contributed by atoms with E-state index in [4.69, 9.17) is 62.6 Å². The van der Waals surface area contributed by atoms with Crippen LogP contribution >= 0.6 is 13.4 Å². The molecule has 4 aromatic rings. The van der Waals surface area contributed by atoms with Crippen molar-refractivity contribution < 1.29 is 47.6 Å². The number of nitrogens with zero attached hydrogens (tertiary/aromatic N) is 8. The van der Waals surface area contributed by atoms with Gasteiger partial charge in [-0.3, -0.25) is 18.2 Å². The van der Waals surface area contributed by atoms with Crippen molar-refractivity contribution in [2.75, 3.05) is 24.7 Å². The molecule has 4 unspecified atom stereocenters. The minimum atomic E-state index is -4.16. The topological polar surface area (TPSA) is 276 Å². The Morgan fingerprint density at radius 3 is 1.80 bits per heavy atom.